The van der Waals surface area contributed by atoms with Crippen molar-refractivity contribution in [2.45, 2.75) is 40.5 Å². The van der Waals surface area contributed by atoms with E-state index < -0.39 is 0 Å². The molecular weight excluding hydrogens is 192 g/mol. The zero-order valence-corrected chi connectivity index (χ0v) is 10.3. The molecule has 1 unspecified atom stereocenters. The van der Waals surface area contributed by atoms with Gasteiger partial charge in [-0.3, -0.25) is 0 Å². The van der Waals surface area contributed by atoms with Crippen molar-refractivity contribution in [2.75, 3.05) is 0 Å². The van der Waals surface area contributed by atoms with Gasteiger partial charge in [-0.25, -0.2) is 0 Å². The van der Waals surface area contributed by atoms with Crippen LogP contribution in [0.25, 0.3) is 0 Å². The first-order valence-electron chi connectivity index (χ1n) is 5.44. The number of hydrogen-bond donors (Lipinski definition) is 0. The molecule has 1 aromatic carbocycles. The van der Waals surface area contributed by atoms with Gasteiger partial charge < -0.3 is 0 Å². The number of aryl methyl sites for hydroxylation is 1. The van der Waals surface area contributed by atoms with Crippen molar-refractivity contribution in [3.8, 4) is 0 Å². The Balaban J connectivity index is 0.000000461. The molecule has 0 aliphatic heterocycles. The van der Waals surface area contributed by atoms with Crippen molar-refractivity contribution < 1.29 is 0 Å². The van der Waals surface area contributed by atoms with Crippen molar-refractivity contribution in [2.24, 2.45) is 5.92 Å². The van der Waals surface area contributed by atoms with E-state index in [1.54, 1.807) is 0 Å². The summed E-state index contributed by atoms with van der Waals surface area (Å²) in [6, 6.07) is 4.37. The number of halogens is 1. The molecule has 1 aliphatic carbocycles. The minimum absolute atomic E-state index is 0.804. The molecule has 0 aromatic heterocycles. The molecule has 0 saturated carbocycles. The standard InChI is InChI=1S/C11H13Cl.C2H6/c1-7-3-9-5-8(2)11(12)6-10(9)4-7;1-2/h5-7H,3-4H2,1-2H3;1-2H3. The maximum Gasteiger partial charge on any atom is 0.0438 e. The fraction of sp³-hybridized carbons (Fsp3) is 0.538. The quantitative estimate of drug-likeness (QED) is 0.595. The highest BCUT2D eigenvalue weighted by Crippen LogP contribution is 2.30. The van der Waals surface area contributed by atoms with Gasteiger partial charge in [0.2, 0.25) is 0 Å². The van der Waals surface area contributed by atoms with Gasteiger partial charge in [0.1, 0.15) is 0 Å². The number of fused-ring (bicyclic) bond motifs is 1. The molecule has 0 heterocycles. The second-order valence-electron chi connectivity index (χ2n) is 3.88. The highest BCUT2D eigenvalue weighted by Gasteiger charge is 2.18. The largest absolute Gasteiger partial charge is 0.0840 e. The molecule has 0 saturated heterocycles. The van der Waals surface area contributed by atoms with Crippen LogP contribution < -0.4 is 0 Å². The molecule has 0 fully saturated rings. The monoisotopic (exact) mass is 210 g/mol. The Morgan fingerprint density at radius 2 is 1.64 bits per heavy atom. The van der Waals surface area contributed by atoms with E-state index in [1.807, 2.05) is 13.8 Å². The predicted octanol–water partition coefficient (Wildman–Crippen LogP) is 4.41. The number of benzene rings is 1. The molecular formula is C13H19Cl. The van der Waals surface area contributed by atoms with E-state index in [-0.39, 0.29) is 0 Å². The third kappa shape index (κ3) is 2.30. The first kappa shape index (κ1) is 11.6. The SMILES string of the molecule is CC.Cc1cc2c(cc1Cl)CC(C)C2. The smallest absolute Gasteiger partial charge is 0.0438 e. The highest BCUT2D eigenvalue weighted by atomic mass is 35.5. The second-order valence-corrected chi connectivity index (χ2v) is 4.29. The molecule has 1 heteroatoms. The van der Waals surface area contributed by atoms with Crippen LogP contribution >= 0.6 is 11.6 Å². The van der Waals surface area contributed by atoms with Crippen LogP contribution in [0.5, 0.6) is 0 Å². The van der Waals surface area contributed by atoms with Gasteiger partial charge in [0.25, 0.3) is 0 Å². The molecule has 0 bridgehead atoms. The topological polar surface area (TPSA) is 0 Å². The summed E-state index contributed by atoms with van der Waals surface area (Å²) < 4.78 is 0. The van der Waals surface area contributed by atoms with Gasteiger partial charge in [-0.2, -0.15) is 0 Å². The van der Waals surface area contributed by atoms with E-state index in [0.29, 0.717) is 0 Å². The van der Waals surface area contributed by atoms with E-state index >= 15 is 0 Å². The van der Waals surface area contributed by atoms with Crippen LogP contribution in [-0.4, -0.2) is 0 Å². The maximum absolute atomic E-state index is 6.04. The third-order valence-electron chi connectivity index (χ3n) is 2.62. The third-order valence-corrected chi connectivity index (χ3v) is 3.02. The Kier molecular flexibility index (Phi) is 4.00. The van der Waals surface area contributed by atoms with E-state index in [2.05, 4.69) is 26.0 Å². The number of hydrogen-bond acceptors (Lipinski definition) is 0. The lowest BCUT2D eigenvalue weighted by Crippen LogP contribution is -1.89. The lowest BCUT2D eigenvalue weighted by Gasteiger charge is -2.02. The first-order chi connectivity index (χ1) is 6.66. The fourth-order valence-electron chi connectivity index (χ4n) is 1.99. The minimum atomic E-state index is 0.804. The van der Waals surface area contributed by atoms with Crippen LogP contribution in [0, 0.1) is 12.8 Å². The van der Waals surface area contributed by atoms with Gasteiger partial charge in [-0.15, -0.1) is 0 Å². The summed E-state index contributed by atoms with van der Waals surface area (Å²) in [5.74, 6) is 0.804. The average Bonchev–Trinajstić information content (AvgIpc) is 2.49. The second kappa shape index (κ2) is 4.84. The molecule has 1 aromatic rings. The Hall–Kier alpha value is -0.490. The van der Waals surface area contributed by atoms with Gasteiger partial charge in [-0.1, -0.05) is 38.4 Å². The van der Waals surface area contributed by atoms with Crippen LogP contribution in [0.1, 0.15) is 37.5 Å². The Bertz CT molecular complexity index is 284. The van der Waals surface area contributed by atoms with Crippen molar-refractivity contribution in [3.63, 3.8) is 0 Å². The Labute approximate surface area is 92.3 Å². The molecule has 0 spiro atoms. The van der Waals surface area contributed by atoms with E-state index in [1.165, 1.54) is 29.5 Å². The van der Waals surface area contributed by atoms with Gasteiger partial charge >= 0.3 is 0 Å². The van der Waals surface area contributed by atoms with Gasteiger partial charge in [0, 0.05) is 5.02 Å². The molecule has 0 nitrogen and oxygen atoms in total. The zero-order chi connectivity index (χ0) is 10.7. The average molecular weight is 211 g/mol. The molecule has 1 aliphatic rings. The van der Waals surface area contributed by atoms with E-state index in [9.17, 15) is 0 Å². The molecule has 14 heavy (non-hydrogen) atoms. The fourth-order valence-corrected chi connectivity index (χ4v) is 2.17. The van der Waals surface area contributed by atoms with Crippen LogP contribution in [0.3, 0.4) is 0 Å². The summed E-state index contributed by atoms with van der Waals surface area (Å²) in [7, 11) is 0. The van der Waals surface area contributed by atoms with Gasteiger partial charge in [0.05, 0.1) is 0 Å². The van der Waals surface area contributed by atoms with Crippen molar-refractivity contribution in [3.05, 3.63) is 33.8 Å². The molecule has 1 atom stereocenters. The Morgan fingerprint density at radius 3 is 2.21 bits per heavy atom. The summed E-state index contributed by atoms with van der Waals surface area (Å²) in [6.45, 7) is 8.37. The van der Waals surface area contributed by atoms with Crippen molar-refractivity contribution >= 4 is 11.6 Å². The lowest BCUT2D eigenvalue weighted by atomic mass is 10.1. The van der Waals surface area contributed by atoms with E-state index in [4.69, 9.17) is 11.6 Å². The predicted molar refractivity (Wildman–Crippen MR) is 64.1 cm³/mol. The Morgan fingerprint density at radius 1 is 1.14 bits per heavy atom. The summed E-state index contributed by atoms with van der Waals surface area (Å²) in [5, 5.41) is 0.919. The summed E-state index contributed by atoms with van der Waals surface area (Å²) >= 11 is 6.04. The summed E-state index contributed by atoms with van der Waals surface area (Å²) in [4.78, 5) is 0. The highest BCUT2D eigenvalue weighted by molar-refractivity contribution is 6.31. The molecule has 0 radical (unpaired) electrons. The van der Waals surface area contributed by atoms with Crippen molar-refractivity contribution in [1.82, 2.24) is 0 Å². The molecule has 0 amide bonds. The first-order valence-corrected chi connectivity index (χ1v) is 5.82. The number of rotatable bonds is 0. The zero-order valence-electron chi connectivity index (χ0n) is 9.52. The maximum atomic E-state index is 6.04. The van der Waals surface area contributed by atoms with Gasteiger partial charge in [0.15, 0.2) is 0 Å². The molecule has 2 rings (SSSR count). The summed E-state index contributed by atoms with van der Waals surface area (Å²) in [6.07, 6.45) is 2.43. The van der Waals surface area contributed by atoms with Crippen LogP contribution in [0.4, 0.5) is 0 Å². The van der Waals surface area contributed by atoms with Crippen LogP contribution in [-0.2, 0) is 12.8 Å². The van der Waals surface area contributed by atoms with Crippen LogP contribution in [0.15, 0.2) is 12.1 Å². The summed E-state index contributed by atoms with van der Waals surface area (Å²) in [5.41, 5.74) is 4.17. The lowest BCUT2D eigenvalue weighted by molar-refractivity contribution is 0.628. The van der Waals surface area contributed by atoms with Crippen molar-refractivity contribution in [1.29, 1.82) is 0 Å². The van der Waals surface area contributed by atoms with Crippen LogP contribution in [0.2, 0.25) is 5.02 Å². The van der Waals surface area contributed by atoms with Gasteiger partial charge in [-0.05, 0) is 48.4 Å². The normalized spacial score (nSPS) is 18.5. The molecule has 78 valence electrons. The molecule has 0 N–H and O–H groups in total. The minimum Gasteiger partial charge on any atom is -0.0840 e. The van der Waals surface area contributed by atoms with E-state index in [0.717, 1.165) is 10.9 Å².